The number of nitrogens with zero attached hydrogens (tertiary/aromatic N) is 1. The highest BCUT2D eigenvalue weighted by atomic mass is 19.1. The fourth-order valence-corrected chi connectivity index (χ4v) is 3.14. The van der Waals surface area contributed by atoms with E-state index in [-0.39, 0.29) is 17.6 Å². The van der Waals surface area contributed by atoms with Crippen molar-refractivity contribution >= 4 is 5.91 Å². The summed E-state index contributed by atoms with van der Waals surface area (Å²) in [5.41, 5.74) is 0.645. The molecule has 0 radical (unpaired) electrons. The molecule has 3 rings (SSSR count). The molecular weight excluding hydrogens is 307 g/mol. The Hall–Kier alpha value is -2.14. The number of hydrogen-bond acceptors (Lipinski definition) is 3. The van der Waals surface area contributed by atoms with E-state index in [4.69, 9.17) is 4.42 Å². The molecular formula is C19H23FN2O2. The van der Waals surface area contributed by atoms with Crippen molar-refractivity contribution in [2.45, 2.75) is 25.8 Å². The number of carbonyl (C=O) groups excluding carboxylic acids is 1. The maximum absolute atomic E-state index is 13.5. The third-order valence-corrected chi connectivity index (χ3v) is 4.57. The Labute approximate surface area is 141 Å². The van der Waals surface area contributed by atoms with Crippen LogP contribution < -0.4 is 5.32 Å². The first-order chi connectivity index (χ1) is 11.7. The predicted octanol–water partition coefficient (Wildman–Crippen LogP) is 2.99. The van der Waals surface area contributed by atoms with Gasteiger partial charge in [0.05, 0.1) is 12.8 Å². The molecule has 128 valence electrons. The zero-order valence-corrected chi connectivity index (χ0v) is 13.7. The highest BCUT2D eigenvalue weighted by Gasteiger charge is 2.25. The Morgan fingerprint density at radius 1 is 1.21 bits per heavy atom. The molecule has 1 amide bonds. The molecule has 0 bridgehead atoms. The van der Waals surface area contributed by atoms with Crippen LogP contribution in [0.1, 0.15) is 24.2 Å². The van der Waals surface area contributed by atoms with Crippen molar-refractivity contribution in [1.29, 1.82) is 0 Å². The Bertz CT molecular complexity index is 649. The minimum atomic E-state index is -0.210. The maximum Gasteiger partial charge on any atom is 0.223 e. The number of hydrogen-bond donors (Lipinski definition) is 1. The van der Waals surface area contributed by atoms with Gasteiger partial charge in [0.2, 0.25) is 5.91 Å². The first kappa shape index (κ1) is 16.7. The smallest absolute Gasteiger partial charge is 0.223 e. The van der Waals surface area contributed by atoms with Gasteiger partial charge in [-0.05, 0) is 56.1 Å². The van der Waals surface area contributed by atoms with Crippen molar-refractivity contribution in [2.24, 2.45) is 5.92 Å². The van der Waals surface area contributed by atoms with Crippen molar-refractivity contribution in [2.75, 3.05) is 19.6 Å². The average molecular weight is 330 g/mol. The van der Waals surface area contributed by atoms with E-state index in [0.717, 1.165) is 38.2 Å². The lowest BCUT2D eigenvalue weighted by Crippen LogP contribution is -2.40. The van der Waals surface area contributed by atoms with Crippen LogP contribution in [0.25, 0.3) is 0 Å². The third kappa shape index (κ3) is 4.45. The molecule has 0 spiro atoms. The Balaban J connectivity index is 1.38. The van der Waals surface area contributed by atoms with Gasteiger partial charge in [-0.1, -0.05) is 18.2 Å². The third-order valence-electron chi connectivity index (χ3n) is 4.57. The van der Waals surface area contributed by atoms with Gasteiger partial charge in [-0.3, -0.25) is 9.69 Å². The quantitative estimate of drug-likeness (QED) is 0.886. The largest absolute Gasteiger partial charge is 0.468 e. The van der Waals surface area contributed by atoms with E-state index in [1.807, 2.05) is 18.2 Å². The number of piperidine rings is 1. The van der Waals surface area contributed by atoms with Gasteiger partial charge in [0, 0.05) is 12.5 Å². The summed E-state index contributed by atoms with van der Waals surface area (Å²) in [6.45, 7) is 3.07. The molecule has 2 heterocycles. The molecule has 5 heteroatoms. The van der Waals surface area contributed by atoms with E-state index in [1.54, 1.807) is 18.4 Å². The molecule has 2 aromatic rings. The molecule has 1 saturated heterocycles. The lowest BCUT2D eigenvalue weighted by molar-refractivity contribution is -0.126. The zero-order chi connectivity index (χ0) is 16.8. The van der Waals surface area contributed by atoms with Gasteiger partial charge in [-0.15, -0.1) is 0 Å². The highest BCUT2D eigenvalue weighted by molar-refractivity contribution is 5.78. The minimum absolute atomic E-state index is 0.0541. The normalized spacial score (nSPS) is 16.2. The van der Waals surface area contributed by atoms with E-state index >= 15 is 0 Å². The van der Waals surface area contributed by atoms with Gasteiger partial charge in [-0.25, -0.2) is 4.39 Å². The molecule has 0 unspecified atom stereocenters. The molecule has 0 atom stereocenters. The van der Waals surface area contributed by atoms with E-state index in [1.165, 1.54) is 6.07 Å². The monoisotopic (exact) mass is 330 g/mol. The molecule has 1 N–H and O–H groups in total. The first-order valence-corrected chi connectivity index (χ1v) is 8.48. The van der Waals surface area contributed by atoms with E-state index in [9.17, 15) is 9.18 Å². The zero-order valence-electron chi connectivity index (χ0n) is 13.7. The number of amides is 1. The van der Waals surface area contributed by atoms with E-state index in [2.05, 4.69) is 10.2 Å². The van der Waals surface area contributed by atoms with Crippen molar-refractivity contribution < 1.29 is 13.6 Å². The van der Waals surface area contributed by atoms with Crippen molar-refractivity contribution in [3.63, 3.8) is 0 Å². The van der Waals surface area contributed by atoms with Gasteiger partial charge in [-0.2, -0.15) is 0 Å². The van der Waals surface area contributed by atoms with Crippen LogP contribution in [-0.2, 0) is 17.8 Å². The lowest BCUT2D eigenvalue weighted by Gasteiger charge is -2.30. The predicted molar refractivity (Wildman–Crippen MR) is 89.8 cm³/mol. The van der Waals surface area contributed by atoms with Crippen LogP contribution in [0.4, 0.5) is 4.39 Å². The summed E-state index contributed by atoms with van der Waals surface area (Å²) >= 11 is 0. The summed E-state index contributed by atoms with van der Waals surface area (Å²) in [5.74, 6) is 0.892. The SMILES string of the molecule is O=C(NCCc1ccccc1F)C1CCN(Cc2ccco2)CC1. The first-order valence-electron chi connectivity index (χ1n) is 8.48. The van der Waals surface area contributed by atoms with Crippen LogP contribution in [0, 0.1) is 11.7 Å². The van der Waals surface area contributed by atoms with Crippen LogP contribution in [0.15, 0.2) is 47.1 Å². The van der Waals surface area contributed by atoms with Crippen LogP contribution >= 0.6 is 0 Å². The second-order valence-corrected chi connectivity index (χ2v) is 6.26. The molecule has 1 fully saturated rings. The lowest BCUT2D eigenvalue weighted by atomic mass is 9.95. The Kier molecular flexibility index (Phi) is 5.64. The molecule has 1 aromatic heterocycles. The van der Waals surface area contributed by atoms with Gasteiger partial charge in [0.15, 0.2) is 0 Å². The number of carbonyl (C=O) groups is 1. The van der Waals surface area contributed by atoms with Crippen LogP contribution in [-0.4, -0.2) is 30.4 Å². The standard InChI is InChI=1S/C19H23FN2O2/c20-18-6-2-1-4-15(18)7-10-21-19(23)16-8-11-22(12-9-16)14-17-5-3-13-24-17/h1-6,13,16H,7-12,14H2,(H,21,23). The number of likely N-dealkylation sites (tertiary alicyclic amines) is 1. The molecule has 24 heavy (non-hydrogen) atoms. The summed E-state index contributed by atoms with van der Waals surface area (Å²) in [7, 11) is 0. The van der Waals surface area contributed by atoms with Gasteiger partial charge in [0.25, 0.3) is 0 Å². The summed E-state index contributed by atoms with van der Waals surface area (Å²) in [4.78, 5) is 14.6. The van der Waals surface area contributed by atoms with Crippen molar-refractivity contribution in [3.05, 3.63) is 59.8 Å². The summed E-state index contributed by atoms with van der Waals surface area (Å²) in [6.07, 6.45) is 3.92. The topological polar surface area (TPSA) is 45.5 Å². The number of nitrogens with one attached hydrogen (secondary N) is 1. The van der Waals surface area contributed by atoms with Crippen molar-refractivity contribution in [3.8, 4) is 0 Å². The molecule has 0 aliphatic carbocycles. The number of furan rings is 1. The number of benzene rings is 1. The van der Waals surface area contributed by atoms with Crippen LogP contribution in [0.3, 0.4) is 0 Å². The van der Waals surface area contributed by atoms with Gasteiger partial charge < -0.3 is 9.73 Å². The summed E-state index contributed by atoms with van der Waals surface area (Å²) in [6, 6.07) is 10.6. The van der Waals surface area contributed by atoms with Gasteiger partial charge in [0.1, 0.15) is 11.6 Å². The summed E-state index contributed by atoms with van der Waals surface area (Å²) < 4.78 is 18.9. The fourth-order valence-electron chi connectivity index (χ4n) is 3.14. The van der Waals surface area contributed by atoms with Crippen LogP contribution in [0.2, 0.25) is 0 Å². The number of halogens is 1. The minimum Gasteiger partial charge on any atom is -0.468 e. The second kappa shape index (κ2) is 8.11. The summed E-state index contributed by atoms with van der Waals surface area (Å²) in [5, 5.41) is 2.95. The van der Waals surface area contributed by atoms with E-state index in [0.29, 0.717) is 18.5 Å². The van der Waals surface area contributed by atoms with Crippen molar-refractivity contribution in [1.82, 2.24) is 10.2 Å². The molecule has 4 nitrogen and oxygen atoms in total. The van der Waals surface area contributed by atoms with Gasteiger partial charge >= 0.3 is 0 Å². The van der Waals surface area contributed by atoms with E-state index < -0.39 is 0 Å². The number of rotatable bonds is 6. The average Bonchev–Trinajstić information content (AvgIpc) is 3.10. The fraction of sp³-hybridized carbons (Fsp3) is 0.421. The second-order valence-electron chi connectivity index (χ2n) is 6.26. The maximum atomic E-state index is 13.5. The molecule has 0 saturated carbocycles. The highest BCUT2D eigenvalue weighted by Crippen LogP contribution is 2.19. The Morgan fingerprint density at radius 3 is 2.71 bits per heavy atom. The Morgan fingerprint density at radius 2 is 2.00 bits per heavy atom. The molecule has 1 aliphatic rings. The van der Waals surface area contributed by atoms with Crippen LogP contribution in [0.5, 0.6) is 0 Å². The molecule has 1 aromatic carbocycles. The molecule has 1 aliphatic heterocycles.